The molecule has 0 saturated carbocycles. The Morgan fingerprint density at radius 1 is 1.30 bits per heavy atom. The highest BCUT2D eigenvalue weighted by atomic mass is 32.2. The number of hydrogen-bond acceptors (Lipinski definition) is 5. The van der Waals surface area contributed by atoms with Gasteiger partial charge < -0.3 is 16.4 Å². The van der Waals surface area contributed by atoms with Crippen LogP contribution in [0.2, 0.25) is 0 Å². The van der Waals surface area contributed by atoms with Gasteiger partial charge in [0.15, 0.2) is 0 Å². The molecule has 1 unspecified atom stereocenters. The van der Waals surface area contributed by atoms with Crippen molar-refractivity contribution in [2.75, 3.05) is 22.8 Å². The van der Waals surface area contributed by atoms with E-state index in [9.17, 15) is 18.0 Å². The topological polar surface area (TPSA) is 130 Å². The molecule has 128 valence electrons. The normalized spacial score (nSPS) is 12.3. The number of sulfonamides is 1. The SMILES string of the molecule is CC(=O)Nc1ccc(NS(C)(=O)=O)c(C(=O)NCCC(C)N)c1. The summed E-state index contributed by atoms with van der Waals surface area (Å²) in [6.45, 7) is 3.52. The van der Waals surface area contributed by atoms with E-state index in [4.69, 9.17) is 5.73 Å². The molecule has 1 aromatic rings. The van der Waals surface area contributed by atoms with Crippen molar-refractivity contribution < 1.29 is 18.0 Å². The number of anilines is 2. The van der Waals surface area contributed by atoms with Gasteiger partial charge in [0.1, 0.15) is 0 Å². The first kappa shape index (κ1) is 18.9. The van der Waals surface area contributed by atoms with Crippen molar-refractivity contribution in [3.8, 4) is 0 Å². The third-order valence-electron chi connectivity index (χ3n) is 2.77. The molecule has 0 bridgehead atoms. The fraction of sp³-hybridized carbons (Fsp3) is 0.429. The van der Waals surface area contributed by atoms with Crippen LogP contribution in [0.3, 0.4) is 0 Å². The first-order valence-corrected chi connectivity index (χ1v) is 8.91. The van der Waals surface area contributed by atoms with Crippen LogP contribution in [0.1, 0.15) is 30.6 Å². The Labute approximate surface area is 135 Å². The fourth-order valence-corrected chi connectivity index (χ4v) is 2.39. The quantitative estimate of drug-likeness (QED) is 0.572. The molecule has 1 rings (SSSR count). The zero-order chi connectivity index (χ0) is 17.6. The van der Waals surface area contributed by atoms with E-state index in [0.29, 0.717) is 18.7 Å². The monoisotopic (exact) mass is 342 g/mol. The van der Waals surface area contributed by atoms with E-state index < -0.39 is 15.9 Å². The largest absolute Gasteiger partial charge is 0.352 e. The summed E-state index contributed by atoms with van der Waals surface area (Å²) in [6, 6.07) is 4.28. The average Bonchev–Trinajstić information content (AvgIpc) is 2.37. The van der Waals surface area contributed by atoms with Gasteiger partial charge in [-0.1, -0.05) is 0 Å². The van der Waals surface area contributed by atoms with Crippen molar-refractivity contribution in [2.45, 2.75) is 26.3 Å². The highest BCUT2D eigenvalue weighted by Gasteiger charge is 2.15. The molecule has 2 amide bonds. The minimum atomic E-state index is -3.54. The molecule has 0 saturated heterocycles. The maximum atomic E-state index is 12.3. The van der Waals surface area contributed by atoms with Gasteiger partial charge in [-0.2, -0.15) is 0 Å². The molecule has 0 aliphatic carbocycles. The molecular weight excluding hydrogens is 320 g/mol. The molecule has 9 heteroatoms. The Morgan fingerprint density at radius 2 is 1.96 bits per heavy atom. The number of benzene rings is 1. The Bertz CT molecular complexity index is 686. The molecule has 5 N–H and O–H groups in total. The lowest BCUT2D eigenvalue weighted by molar-refractivity contribution is -0.114. The lowest BCUT2D eigenvalue weighted by Crippen LogP contribution is -2.29. The second-order valence-corrected chi connectivity index (χ2v) is 7.09. The molecule has 0 heterocycles. The van der Waals surface area contributed by atoms with Crippen molar-refractivity contribution in [3.05, 3.63) is 23.8 Å². The van der Waals surface area contributed by atoms with Crippen LogP contribution in [0, 0.1) is 0 Å². The van der Waals surface area contributed by atoms with Crippen molar-refractivity contribution in [3.63, 3.8) is 0 Å². The van der Waals surface area contributed by atoms with Crippen LogP contribution in [-0.4, -0.2) is 39.1 Å². The van der Waals surface area contributed by atoms with Crippen LogP contribution >= 0.6 is 0 Å². The number of nitrogens with two attached hydrogens (primary N) is 1. The van der Waals surface area contributed by atoms with E-state index in [1.54, 1.807) is 0 Å². The number of hydrogen-bond donors (Lipinski definition) is 4. The highest BCUT2D eigenvalue weighted by molar-refractivity contribution is 7.92. The lowest BCUT2D eigenvalue weighted by atomic mass is 10.1. The Hall–Kier alpha value is -2.13. The van der Waals surface area contributed by atoms with Gasteiger partial charge in [0.25, 0.3) is 5.91 Å². The van der Waals surface area contributed by atoms with Crippen LogP contribution in [0.4, 0.5) is 11.4 Å². The maximum absolute atomic E-state index is 12.3. The highest BCUT2D eigenvalue weighted by Crippen LogP contribution is 2.21. The summed E-state index contributed by atoms with van der Waals surface area (Å²) in [4.78, 5) is 23.4. The minimum Gasteiger partial charge on any atom is -0.352 e. The van der Waals surface area contributed by atoms with E-state index in [1.165, 1.54) is 25.1 Å². The molecule has 23 heavy (non-hydrogen) atoms. The first-order valence-electron chi connectivity index (χ1n) is 7.01. The van der Waals surface area contributed by atoms with Crippen molar-refractivity contribution >= 4 is 33.2 Å². The third kappa shape index (κ3) is 7.11. The molecule has 0 aromatic heterocycles. The van der Waals surface area contributed by atoms with Crippen LogP contribution in [0.15, 0.2) is 18.2 Å². The van der Waals surface area contributed by atoms with Gasteiger partial charge >= 0.3 is 0 Å². The summed E-state index contributed by atoms with van der Waals surface area (Å²) in [5.41, 5.74) is 6.27. The van der Waals surface area contributed by atoms with Crippen LogP contribution in [0.25, 0.3) is 0 Å². The van der Waals surface area contributed by atoms with E-state index in [1.807, 2.05) is 6.92 Å². The van der Waals surface area contributed by atoms with Crippen molar-refractivity contribution in [1.29, 1.82) is 0 Å². The van der Waals surface area contributed by atoms with Gasteiger partial charge in [-0.3, -0.25) is 14.3 Å². The predicted octanol–water partition coefficient (Wildman–Crippen LogP) is 0.484. The number of amides is 2. The summed E-state index contributed by atoms with van der Waals surface area (Å²) in [6.07, 6.45) is 1.58. The van der Waals surface area contributed by atoms with Gasteiger partial charge in [-0.15, -0.1) is 0 Å². The summed E-state index contributed by atoms with van der Waals surface area (Å²) in [5.74, 6) is -0.749. The first-order chi connectivity index (χ1) is 10.6. The minimum absolute atomic E-state index is 0.0605. The number of carbonyl (C=O) groups excluding carboxylic acids is 2. The molecule has 0 aliphatic rings. The molecule has 8 nitrogen and oxygen atoms in total. The standard InChI is InChI=1S/C14H22N4O4S/c1-9(15)6-7-16-14(20)12-8-11(17-10(2)19)4-5-13(12)18-23(3,21)22/h4-5,8-9,18H,6-7,15H2,1-3H3,(H,16,20)(H,17,19). The average molecular weight is 342 g/mol. The van der Waals surface area contributed by atoms with Gasteiger partial charge in [0, 0.05) is 25.2 Å². The Kier molecular flexibility index (Phi) is 6.52. The Balaban J connectivity index is 3.06. The predicted molar refractivity (Wildman–Crippen MR) is 89.8 cm³/mol. The zero-order valence-corrected chi connectivity index (χ0v) is 14.2. The van der Waals surface area contributed by atoms with Crippen molar-refractivity contribution in [2.24, 2.45) is 5.73 Å². The molecular formula is C14H22N4O4S. The van der Waals surface area contributed by atoms with Gasteiger partial charge in [-0.05, 0) is 31.5 Å². The van der Waals surface area contributed by atoms with Crippen LogP contribution in [-0.2, 0) is 14.8 Å². The molecule has 1 atom stereocenters. The Morgan fingerprint density at radius 3 is 2.48 bits per heavy atom. The third-order valence-corrected chi connectivity index (χ3v) is 3.36. The van der Waals surface area contributed by atoms with Gasteiger partial charge in [0.2, 0.25) is 15.9 Å². The van der Waals surface area contributed by atoms with Crippen molar-refractivity contribution in [1.82, 2.24) is 5.32 Å². The molecule has 0 fully saturated rings. The maximum Gasteiger partial charge on any atom is 0.253 e. The van der Waals surface area contributed by atoms with E-state index in [0.717, 1.165) is 6.26 Å². The second kappa shape index (κ2) is 7.93. The van der Waals surface area contributed by atoms with E-state index in [-0.39, 0.29) is 23.2 Å². The second-order valence-electron chi connectivity index (χ2n) is 5.34. The summed E-state index contributed by atoms with van der Waals surface area (Å²) in [7, 11) is -3.54. The fourth-order valence-electron chi connectivity index (χ4n) is 1.81. The molecule has 0 aliphatic heterocycles. The smallest absolute Gasteiger partial charge is 0.253 e. The summed E-state index contributed by atoms with van der Waals surface area (Å²) < 4.78 is 25.1. The molecule has 1 aromatic carbocycles. The van der Waals surface area contributed by atoms with Gasteiger partial charge in [0.05, 0.1) is 17.5 Å². The number of nitrogens with one attached hydrogen (secondary N) is 3. The summed E-state index contributed by atoms with van der Waals surface area (Å²) in [5, 5.41) is 5.22. The molecule has 0 spiro atoms. The number of carbonyl (C=O) groups is 2. The molecule has 0 radical (unpaired) electrons. The lowest BCUT2D eigenvalue weighted by Gasteiger charge is -2.13. The number of rotatable bonds is 7. The van der Waals surface area contributed by atoms with Crippen LogP contribution in [0.5, 0.6) is 0 Å². The van der Waals surface area contributed by atoms with E-state index >= 15 is 0 Å². The van der Waals surface area contributed by atoms with Gasteiger partial charge in [-0.25, -0.2) is 8.42 Å². The zero-order valence-electron chi connectivity index (χ0n) is 13.3. The van der Waals surface area contributed by atoms with Crippen LogP contribution < -0.4 is 21.1 Å². The summed E-state index contributed by atoms with van der Waals surface area (Å²) >= 11 is 0. The van der Waals surface area contributed by atoms with E-state index in [2.05, 4.69) is 15.4 Å².